The summed E-state index contributed by atoms with van der Waals surface area (Å²) in [5, 5.41) is 12.6. The molecule has 0 bridgehead atoms. The van der Waals surface area contributed by atoms with Crippen molar-refractivity contribution in [2.75, 3.05) is 33.2 Å². The molecule has 3 atom stereocenters. The summed E-state index contributed by atoms with van der Waals surface area (Å²) in [7, 11) is 1.93. The van der Waals surface area contributed by atoms with Crippen LogP contribution in [0.4, 0.5) is 0 Å². The van der Waals surface area contributed by atoms with E-state index in [1.807, 2.05) is 7.05 Å². The Morgan fingerprint density at radius 3 is 2.53 bits per heavy atom. The van der Waals surface area contributed by atoms with E-state index in [1.54, 1.807) is 0 Å². The van der Waals surface area contributed by atoms with E-state index < -0.39 is 0 Å². The second-order valence-electron chi connectivity index (χ2n) is 6.52. The fraction of sp³-hybridized carbons (Fsp3) is 0.933. The molecule has 2 heterocycles. The summed E-state index contributed by atoms with van der Waals surface area (Å²) in [4.78, 5) is 5.34. The molecule has 3 aliphatic rings. The van der Waals surface area contributed by atoms with E-state index in [1.165, 1.54) is 51.9 Å². The summed E-state index contributed by atoms with van der Waals surface area (Å²) in [6.45, 7) is 5.08. The number of nitriles is 1. The zero-order valence-electron chi connectivity index (χ0n) is 12.1. The monoisotopic (exact) mass is 262 g/mol. The maximum absolute atomic E-state index is 9.36. The lowest BCUT2D eigenvalue weighted by Crippen LogP contribution is -2.42. The molecule has 0 aromatic carbocycles. The summed E-state index contributed by atoms with van der Waals surface area (Å²) in [6, 6.07) is 3.91. The van der Waals surface area contributed by atoms with Gasteiger partial charge in [0.15, 0.2) is 0 Å². The molecule has 0 aromatic heterocycles. The second kappa shape index (κ2) is 5.40. The molecule has 19 heavy (non-hydrogen) atoms. The van der Waals surface area contributed by atoms with Gasteiger partial charge in [0.25, 0.3) is 0 Å². The van der Waals surface area contributed by atoms with Gasteiger partial charge in [-0.1, -0.05) is 0 Å². The van der Waals surface area contributed by atoms with E-state index >= 15 is 0 Å². The highest BCUT2D eigenvalue weighted by atomic mass is 15.3. The van der Waals surface area contributed by atoms with Crippen molar-refractivity contribution in [3.8, 4) is 6.07 Å². The van der Waals surface area contributed by atoms with Gasteiger partial charge in [-0.3, -0.25) is 9.80 Å². The SMILES string of the molecule is CNC1(C#N)CCC(N2CCC(N3CCCC3)C2)C1. The first-order chi connectivity index (χ1) is 9.26. The number of rotatable bonds is 3. The lowest BCUT2D eigenvalue weighted by molar-refractivity contribution is 0.197. The number of hydrogen-bond acceptors (Lipinski definition) is 4. The Balaban J connectivity index is 1.56. The van der Waals surface area contributed by atoms with Crippen LogP contribution >= 0.6 is 0 Å². The molecule has 4 heteroatoms. The third-order valence-corrected chi connectivity index (χ3v) is 5.55. The average molecular weight is 262 g/mol. The first-order valence-corrected chi connectivity index (χ1v) is 7.85. The van der Waals surface area contributed by atoms with Gasteiger partial charge in [0.1, 0.15) is 5.54 Å². The maximum Gasteiger partial charge on any atom is 0.108 e. The molecule has 106 valence electrons. The maximum atomic E-state index is 9.36. The Labute approximate surface area is 116 Å². The highest BCUT2D eigenvalue weighted by molar-refractivity contribution is 5.13. The van der Waals surface area contributed by atoms with Crippen molar-refractivity contribution in [2.24, 2.45) is 0 Å². The van der Waals surface area contributed by atoms with Gasteiger partial charge in [0.2, 0.25) is 0 Å². The Hall–Kier alpha value is -0.630. The van der Waals surface area contributed by atoms with Crippen LogP contribution in [0, 0.1) is 11.3 Å². The Morgan fingerprint density at radius 2 is 1.89 bits per heavy atom. The van der Waals surface area contributed by atoms with E-state index in [0.717, 1.165) is 18.9 Å². The minimum Gasteiger partial charge on any atom is -0.302 e. The molecule has 2 saturated heterocycles. The van der Waals surface area contributed by atoms with E-state index in [4.69, 9.17) is 0 Å². The van der Waals surface area contributed by atoms with E-state index in [2.05, 4.69) is 21.2 Å². The molecule has 2 aliphatic heterocycles. The van der Waals surface area contributed by atoms with Crippen molar-refractivity contribution >= 4 is 0 Å². The first kappa shape index (κ1) is 13.4. The molecule has 0 amide bonds. The van der Waals surface area contributed by atoms with Crippen LogP contribution in [0.2, 0.25) is 0 Å². The second-order valence-corrected chi connectivity index (χ2v) is 6.52. The van der Waals surface area contributed by atoms with Gasteiger partial charge < -0.3 is 5.32 Å². The van der Waals surface area contributed by atoms with Crippen molar-refractivity contribution < 1.29 is 0 Å². The van der Waals surface area contributed by atoms with Gasteiger partial charge in [0, 0.05) is 25.2 Å². The van der Waals surface area contributed by atoms with Gasteiger partial charge in [-0.25, -0.2) is 0 Å². The van der Waals surface area contributed by atoms with Gasteiger partial charge in [-0.15, -0.1) is 0 Å². The van der Waals surface area contributed by atoms with Gasteiger partial charge >= 0.3 is 0 Å². The van der Waals surface area contributed by atoms with Crippen LogP contribution in [-0.2, 0) is 0 Å². The van der Waals surface area contributed by atoms with Crippen LogP contribution in [-0.4, -0.2) is 60.6 Å². The molecule has 1 N–H and O–H groups in total. The third kappa shape index (κ3) is 2.52. The highest BCUT2D eigenvalue weighted by Crippen LogP contribution is 2.34. The predicted octanol–water partition coefficient (Wildman–Crippen LogP) is 1.19. The molecule has 3 fully saturated rings. The normalized spacial score (nSPS) is 40.8. The summed E-state index contributed by atoms with van der Waals surface area (Å²) >= 11 is 0. The number of likely N-dealkylation sites (tertiary alicyclic amines) is 2. The summed E-state index contributed by atoms with van der Waals surface area (Å²) < 4.78 is 0. The quantitative estimate of drug-likeness (QED) is 0.829. The standard InChI is InChI=1S/C15H26N4/c1-17-15(12-16)6-4-13(10-15)19-9-5-14(11-19)18-7-2-3-8-18/h13-14,17H,2-11H2,1H3. The van der Waals surface area contributed by atoms with E-state index in [9.17, 15) is 5.26 Å². The Kier molecular flexibility index (Phi) is 3.79. The summed E-state index contributed by atoms with van der Waals surface area (Å²) in [5.41, 5.74) is -0.254. The lowest BCUT2D eigenvalue weighted by Gasteiger charge is -2.28. The number of hydrogen-bond donors (Lipinski definition) is 1. The van der Waals surface area contributed by atoms with E-state index in [0.29, 0.717) is 6.04 Å². The molecule has 0 spiro atoms. The topological polar surface area (TPSA) is 42.3 Å². The average Bonchev–Trinajstić information content (AvgIpc) is 3.17. The lowest BCUT2D eigenvalue weighted by atomic mass is 10.00. The van der Waals surface area contributed by atoms with Gasteiger partial charge in [0.05, 0.1) is 6.07 Å². The zero-order chi connectivity index (χ0) is 13.3. The minimum absolute atomic E-state index is 0.254. The van der Waals surface area contributed by atoms with Crippen LogP contribution in [0.3, 0.4) is 0 Å². The molecular weight excluding hydrogens is 236 g/mol. The number of nitrogens with one attached hydrogen (secondary N) is 1. The molecular formula is C15H26N4. The van der Waals surface area contributed by atoms with Crippen LogP contribution in [0.5, 0.6) is 0 Å². The largest absolute Gasteiger partial charge is 0.302 e. The third-order valence-electron chi connectivity index (χ3n) is 5.55. The van der Waals surface area contributed by atoms with Gasteiger partial charge in [-0.05, 0) is 58.7 Å². The minimum atomic E-state index is -0.254. The summed E-state index contributed by atoms with van der Waals surface area (Å²) in [5.74, 6) is 0. The predicted molar refractivity (Wildman–Crippen MR) is 75.8 cm³/mol. The smallest absolute Gasteiger partial charge is 0.108 e. The summed E-state index contributed by atoms with van der Waals surface area (Å²) in [6.07, 6.45) is 7.30. The zero-order valence-corrected chi connectivity index (χ0v) is 12.1. The van der Waals surface area contributed by atoms with Crippen molar-refractivity contribution in [1.29, 1.82) is 5.26 Å². The molecule has 4 nitrogen and oxygen atoms in total. The highest BCUT2D eigenvalue weighted by Gasteiger charge is 2.42. The van der Waals surface area contributed by atoms with Gasteiger partial charge in [-0.2, -0.15) is 5.26 Å². The molecule has 0 radical (unpaired) electrons. The van der Waals surface area contributed by atoms with Crippen LogP contribution in [0.25, 0.3) is 0 Å². The van der Waals surface area contributed by atoms with Crippen LogP contribution in [0.15, 0.2) is 0 Å². The van der Waals surface area contributed by atoms with Crippen molar-refractivity contribution in [1.82, 2.24) is 15.1 Å². The molecule has 1 aliphatic carbocycles. The fourth-order valence-corrected chi connectivity index (χ4v) is 4.22. The van der Waals surface area contributed by atoms with Crippen molar-refractivity contribution in [3.63, 3.8) is 0 Å². The first-order valence-electron chi connectivity index (χ1n) is 7.85. The van der Waals surface area contributed by atoms with Crippen LogP contribution < -0.4 is 5.32 Å². The van der Waals surface area contributed by atoms with Crippen molar-refractivity contribution in [3.05, 3.63) is 0 Å². The molecule has 0 aromatic rings. The fourth-order valence-electron chi connectivity index (χ4n) is 4.22. The Morgan fingerprint density at radius 1 is 1.11 bits per heavy atom. The van der Waals surface area contributed by atoms with Crippen LogP contribution in [0.1, 0.15) is 38.5 Å². The molecule has 3 rings (SSSR count). The van der Waals surface area contributed by atoms with E-state index in [-0.39, 0.29) is 5.54 Å². The number of nitrogens with zero attached hydrogens (tertiary/aromatic N) is 3. The molecule has 1 saturated carbocycles. The van der Waals surface area contributed by atoms with Crippen molar-refractivity contribution in [2.45, 2.75) is 56.1 Å². The Bertz CT molecular complexity index is 358. The molecule has 3 unspecified atom stereocenters.